The highest BCUT2D eigenvalue weighted by Gasteiger charge is 2.11. The van der Waals surface area contributed by atoms with E-state index in [1.165, 1.54) is 23.1 Å². The predicted octanol–water partition coefficient (Wildman–Crippen LogP) is 2.55. The standard InChI is InChI=1S/C13H16N4OS2/c1-9(10-6-4-3-5-7-10)15-11(18)8-19-13-17-16-12(14-2)20-13/h3-7,9H,8H2,1-2H3,(H,14,16)(H,15,18)/t9-/m1/s1. The van der Waals surface area contributed by atoms with Gasteiger partial charge in [0.2, 0.25) is 11.0 Å². The smallest absolute Gasteiger partial charge is 0.230 e. The van der Waals surface area contributed by atoms with E-state index >= 15 is 0 Å². The normalized spacial score (nSPS) is 11.9. The highest BCUT2D eigenvalue weighted by molar-refractivity contribution is 8.01. The number of nitrogens with zero attached hydrogens (tertiary/aromatic N) is 2. The number of nitrogens with one attached hydrogen (secondary N) is 2. The first kappa shape index (κ1) is 14.8. The summed E-state index contributed by atoms with van der Waals surface area (Å²) in [6, 6.07) is 9.90. The van der Waals surface area contributed by atoms with E-state index in [4.69, 9.17) is 0 Å². The number of hydrogen-bond acceptors (Lipinski definition) is 6. The molecule has 0 bridgehead atoms. The van der Waals surface area contributed by atoms with Crippen LogP contribution in [0.15, 0.2) is 34.7 Å². The molecular formula is C13H16N4OS2. The van der Waals surface area contributed by atoms with E-state index in [0.29, 0.717) is 5.75 Å². The number of aromatic nitrogens is 2. The van der Waals surface area contributed by atoms with Crippen molar-refractivity contribution >= 4 is 34.1 Å². The molecule has 0 saturated heterocycles. The van der Waals surface area contributed by atoms with Gasteiger partial charge in [-0.25, -0.2) is 0 Å². The Balaban J connectivity index is 1.80. The second-order valence-electron chi connectivity index (χ2n) is 4.11. The number of amides is 1. The van der Waals surface area contributed by atoms with Crippen molar-refractivity contribution in [2.24, 2.45) is 0 Å². The van der Waals surface area contributed by atoms with Crippen LogP contribution in [-0.4, -0.2) is 28.9 Å². The van der Waals surface area contributed by atoms with Crippen molar-refractivity contribution in [2.75, 3.05) is 18.1 Å². The van der Waals surface area contributed by atoms with Gasteiger partial charge in [-0.05, 0) is 12.5 Å². The summed E-state index contributed by atoms with van der Waals surface area (Å²) < 4.78 is 0.789. The minimum atomic E-state index is -0.00689. The van der Waals surface area contributed by atoms with Gasteiger partial charge in [-0.3, -0.25) is 4.79 Å². The van der Waals surface area contributed by atoms with Gasteiger partial charge in [0.15, 0.2) is 4.34 Å². The third-order valence-corrected chi connectivity index (χ3v) is 4.70. The molecule has 5 nitrogen and oxygen atoms in total. The molecule has 0 aliphatic carbocycles. The fourth-order valence-corrected chi connectivity index (χ4v) is 3.12. The minimum Gasteiger partial charge on any atom is -0.363 e. The maximum absolute atomic E-state index is 11.9. The SMILES string of the molecule is CNc1nnc(SCC(=O)N[C@H](C)c2ccccc2)s1. The molecule has 1 amide bonds. The average molecular weight is 308 g/mol. The van der Waals surface area contributed by atoms with E-state index in [-0.39, 0.29) is 11.9 Å². The van der Waals surface area contributed by atoms with Gasteiger partial charge in [0, 0.05) is 7.05 Å². The third kappa shape index (κ3) is 4.21. The topological polar surface area (TPSA) is 66.9 Å². The fraction of sp³-hybridized carbons (Fsp3) is 0.308. The number of thioether (sulfide) groups is 1. The quantitative estimate of drug-likeness (QED) is 0.803. The van der Waals surface area contributed by atoms with Gasteiger partial charge in [0.25, 0.3) is 0 Å². The molecule has 1 aromatic heterocycles. The zero-order chi connectivity index (χ0) is 14.4. The Kier molecular flexibility index (Phi) is 5.37. The Labute approximate surface area is 126 Å². The number of carbonyl (C=O) groups excluding carboxylic acids is 1. The van der Waals surface area contributed by atoms with Gasteiger partial charge in [-0.2, -0.15) is 0 Å². The number of rotatable bonds is 6. The largest absolute Gasteiger partial charge is 0.363 e. The number of hydrogen-bond donors (Lipinski definition) is 2. The van der Waals surface area contributed by atoms with Crippen molar-refractivity contribution in [1.29, 1.82) is 0 Å². The molecule has 0 fully saturated rings. The van der Waals surface area contributed by atoms with E-state index < -0.39 is 0 Å². The van der Waals surface area contributed by atoms with Crippen LogP contribution in [-0.2, 0) is 4.79 Å². The monoisotopic (exact) mass is 308 g/mol. The second kappa shape index (κ2) is 7.25. The van der Waals surface area contributed by atoms with Crippen LogP contribution in [0.2, 0.25) is 0 Å². The van der Waals surface area contributed by atoms with E-state index in [1.807, 2.05) is 37.3 Å². The van der Waals surface area contributed by atoms with Gasteiger partial charge in [0.1, 0.15) is 0 Å². The van der Waals surface area contributed by atoms with Crippen LogP contribution in [0.4, 0.5) is 5.13 Å². The Bertz CT molecular complexity index is 559. The van der Waals surface area contributed by atoms with Crippen LogP contribution < -0.4 is 10.6 Å². The minimum absolute atomic E-state index is 0.00610. The van der Waals surface area contributed by atoms with E-state index in [0.717, 1.165) is 15.0 Å². The molecule has 1 atom stereocenters. The summed E-state index contributed by atoms with van der Waals surface area (Å²) in [4.78, 5) is 11.9. The molecule has 1 aromatic carbocycles. The maximum atomic E-state index is 11.9. The Morgan fingerprint density at radius 3 is 2.75 bits per heavy atom. The van der Waals surface area contributed by atoms with Gasteiger partial charge in [0.05, 0.1) is 11.8 Å². The first-order chi connectivity index (χ1) is 9.69. The number of carbonyl (C=O) groups is 1. The summed E-state index contributed by atoms with van der Waals surface area (Å²) in [5.74, 6) is 0.336. The zero-order valence-corrected chi connectivity index (χ0v) is 12.9. The Hall–Kier alpha value is -1.60. The predicted molar refractivity (Wildman–Crippen MR) is 83.2 cm³/mol. The van der Waals surface area contributed by atoms with Gasteiger partial charge in [-0.15, -0.1) is 10.2 Å². The molecule has 0 saturated carbocycles. The Morgan fingerprint density at radius 1 is 1.35 bits per heavy atom. The highest BCUT2D eigenvalue weighted by Crippen LogP contribution is 2.24. The van der Waals surface area contributed by atoms with Crippen molar-refractivity contribution < 1.29 is 4.79 Å². The summed E-state index contributed by atoms with van der Waals surface area (Å²) in [5, 5.41) is 14.6. The van der Waals surface area contributed by atoms with Crippen LogP contribution in [0.1, 0.15) is 18.5 Å². The maximum Gasteiger partial charge on any atom is 0.230 e. The molecule has 0 aliphatic heterocycles. The van der Waals surface area contributed by atoms with Crippen molar-refractivity contribution in [1.82, 2.24) is 15.5 Å². The van der Waals surface area contributed by atoms with Crippen molar-refractivity contribution in [3.63, 3.8) is 0 Å². The molecule has 2 N–H and O–H groups in total. The van der Waals surface area contributed by atoms with Gasteiger partial charge in [-0.1, -0.05) is 53.4 Å². The molecule has 106 valence electrons. The average Bonchev–Trinajstić information content (AvgIpc) is 2.94. The molecule has 0 unspecified atom stereocenters. The second-order valence-corrected chi connectivity index (χ2v) is 6.31. The fourth-order valence-electron chi connectivity index (χ4n) is 1.60. The third-order valence-electron chi connectivity index (χ3n) is 2.62. The molecule has 7 heteroatoms. The molecule has 20 heavy (non-hydrogen) atoms. The highest BCUT2D eigenvalue weighted by atomic mass is 32.2. The first-order valence-electron chi connectivity index (χ1n) is 6.17. The molecule has 0 radical (unpaired) electrons. The van der Waals surface area contributed by atoms with Gasteiger partial charge < -0.3 is 10.6 Å². The lowest BCUT2D eigenvalue weighted by molar-refractivity contribution is -0.119. The van der Waals surface area contributed by atoms with Crippen molar-refractivity contribution in [3.8, 4) is 0 Å². The molecule has 2 aromatic rings. The number of benzene rings is 1. The summed E-state index contributed by atoms with van der Waals surface area (Å²) in [6.45, 7) is 1.97. The summed E-state index contributed by atoms with van der Waals surface area (Å²) in [5.41, 5.74) is 1.10. The van der Waals surface area contributed by atoms with Crippen LogP contribution in [0.3, 0.4) is 0 Å². The molecule has 1 heterocycles. The van der Waals surface area contributed by atoms with Crippen LogP contribution >= 0.6 is 23.1 Å². The van der Waals surface area contributed by atoms with E-state index in [1.54, 1.807) is 7.05 Å². The first-order valence-corrected chi connectivity index (χ1v) is 7.97. The van der Waals surface area contributed by atoms with E-state index in [9.17, 15) is 4.79 Å². The van der Waals surface area contributed by atoms with E-state index in [2.05, 4.69) is 20.8 Å². The van der Waals surface area contributed by atoms with Crippen LogP contribution in [0.25, 0.3) is 0 Å². The molecule has 0 aliphatic rings. The van der Waals surface area contributed by atoms with Crippen molar-refractivity contribution in [3.05, 3.63) is 35.9 Å². The van der Waals surface area contributed by atoms with Crippen LogP contribution in [0.5, 0.6) is 0 Å². The summed E-state index contributed by atoms with van der Waals surface area (Å²) >= 11 is 2.83. The summed E-state index contributed by atoms with van der Waals surface area (Å²) in [6.07, 6.45) is 0. The molecule has 2 rings (SSSR count). The number of anilines is 1. The zero-order valence-electron chi connectivity index (χ0n) is 11.3. The van der Waals surface area contributed by atoms with Gasteiger partial charge >= 0.3 is 0 Å². The Morgan fingerprint density at radius 2 is 2.10 bits per heavy atom. The lowest BCUT2D eigenvalue weighted by Crippen LogP contribution is -2.28. The summed E-state index contributed by atoms with van der Waals surface area (Å²) in [7, 11) is 1.79. The lowest BCUT2D eigenvalue weighted by atomic mass is 10.1. The van der Waals surface area contributed by atoms with Crippen molar-refractivity contribution in [2.45, 2.75) is 17.3 Å². The molecule has 0 spiro atoms. The van der Waals surface area contributed by atoms with Crippen LogP contribution in [0, 0.1) is 0 Å². The molecular weight excluding hydrogens is 292 g/mol. The lowest BCUT2D eigenvalue weighted by Gasteiger charge is -2.13.